The molecule has 0 aromatic heterocycles. The molecular weight excluding hydrogens is 234 g/mol. The first-order chi connectivity index (χ1) is 8.22. The lowest BCUT2D eigenvalue weighted by Gasteiger charge is -2.18. The summed E-state index contributed by atoms with van der Waals surface area (Å²) in [7, 11) is 1.68. The number of nitrogens with one attached hydrogen (secondary N) is 1. The van der Waals surface area contributed by atoms with E-state index in [0.29, 0.717) is 6.04 Å². The van der Waals surface area contributed by atoms with E-state index in [1.165, 1.54) is 12.8 Å². The standard InChI is InChI=1S/C14H22ClNO/c1-4-7-11(5-2)16-10-12-13(15)8-6-9-14(12)17-3/h6,8-9,11,16H,4-5,7,10H2,1-3H3. The first kappa shape index (κ1) is 14.3. The van der Waals surface area contributed by atoms with Crippen molar-refractivity contribution in [2.45, 2.75) is 45.7 Å². The largest absolute Gasteiger partial charge is 0.496 e. The Balaban J connectivity index is 2.67. The van der Waals surface area contributed by atoms with Gasteiger partial charge in [-0.05, 0) is 25.0 Å². The Hall–Kier alpha value is -0.730. The van der Waals surface area contributed by atoms with Gasteiger partial charge in [0, 0.05) is 23.2 Å². The molecule has 3 heteroatoms. The molecule has 1 N–H and O–H groups in total. The molecule has 0 aliphatic heterocycles. The highest BCUT2D eigenvalue weighted by molar-refractivity contribution is 6.31. The minimum atomic E-state index is 0.556. The fourth-order valence-electron chi connectivity index (χ4n) is 1.95. The summed E-state index contributed by atoms with van der Waals surface area (Å²) in [5.41, 5.74) is 1.05. The van der Waals surface area contributed by atoms with Crippen LogP contribution in [0.15, 0.2) is 18.2 Å². The van der Waals surface area contributed by atoms with E-state index in [0.717, 1.165) is 29.3 Å². The molecule has 0 amide bonds. The molecule has 1 unspecified atom stereocenters. The van der Waals surface area contributed by atoms with Gasteiger partial charge in [0.1, 0.15) is 5.75 Å². The second kappa shape index (κ2) is 7.57. The van der Waals surface area contributed by atoms with E-state index in [9.17, 15) is 0 Å². The van der Waals surface area contributed by atoms with Gasteiger partial charge in [0.05, 0.1) is 7.11 Å². The second-order valence-corrected chi connectivity index (χ2v) is 4.60. The van der Waals surface area contributed by atoms with Crippen molar-refractivity contribution in [3.63, 3.8) is 0 Å². The highest BCUT2D eigenvalue weighted by Gasteiger charge is 2.10. The van der Waals surface area contributed by atoms with E-state index in [2.05, 4.69) is 19.2 Å². The van der Waals surface area contributed by atoms with Crippen molar-refractivity contribution in [3.8, 4) is 5.75 Å². The van der Waals surface area contributed by atoms with Crippen LogP contribution in [-0.2, 0) is 6.54 Å². The molecule has 1 rings (SSSR count). The molecule has 0 aliphatic rings. The van der Waals surface area contributed by atoms with Crippen LogP contribution in [0.2, 0.25) is 5.02 Å². The molecule has 0 saturated heterocycles. The van der Waals surface area contributed by atoms with Crippen LogP contribution in [0.1, 0.15) is 38.7 Å². The monoisotopic (exact) mass is 255 g/mol. The van der Waals surface area contributed by atoms with E-state index >= 15 is 0 Å². The average molecular weight is 256 g/mol. The number of hydrogen-bond acceptors (Lipinski definition) is 2. The lowest BCUT2D eigenvalue weighted by atomic mass is 10.1. The Morgan fingerprint density at radius 2 is 2.12 bits per heavy atom. The molecule has 17 heavy (non-hydrogen) atoms. The highest BCUT2D eigenvalue weighted by atomic mass is 35.5. The Morgan fingerprint density at radius 1 is 1.35 bits per heavy atom. The maximum Gasteiger partial charge on any atom is 0.124 e. The van der Waals surface area contributed by atoms with Crippen molar-refractivity contribution >= 4 is 11.6 Å². The number of halogens is 1. The number of rotatable bonds is 7. The Kier molecular flexibility index (Phi) is 6.38. The summed E-state index contributed by atoms with van der Waals surface area (Å²) in [6, 6.07) is 6.32. The molecule has 0 saturated carbocycles. The van der Waals surface area contributed by atoms with E-state index in [1.807, 2.05) is 18.2 Å². The van der Waals surface area contributed by atoms with Crippen LogP contribution in [0, 0.1) is 0 Å². The molecular formula is C14H22ClNO. The fraction of sp³-hybridized carbons (Fsp3) is 0.571. The minimum Gasteiger partial charge on any atom is -0.496 e. The van der Waals surface area contributed by atoms with Crippen LogP contribution in [0.25, 0.3) is 0 Å². The second-order valence-electron chi connectivity index (χ2n) is 4.20. The minimum absolute atomic E-state index is 0.556. The first-order valence-corrected chi connectivity index (χ1v) is 6.65. The Morgan fingerprint density at radius 3 is 2.71 bits per heavy atom. The summed E-state index contributed by atoms with van der Waals surface area (Å²) in [6.07, 6.45) is 3.54. The van der Waals surface area contributed by atoms with Gasteiger partial charge in [-0.25, -0.2) is 0 Å². The van der Waals surface area contributed by atoms with Crippen molar-refractivity contribution in [2.24, 2.45) is 0 Å². The third-order valence-corrected chi connectivity index (χ3v) is 3.35. The van der Waals surface area contributed by atoms with Gasteiger partial charge < -0.3 is 10.1 Å². The summed E-state index contributed by atoms with van der Waals surface area (Å²) in [5, 5.41) is 4.30. The summed E-state index contributed by atoms with van der Waals surface area (Å²) in [4.78, 5) is 0. The molecule has 0 heterocycles. The van der Waals surface area contributed by atoms with E-state index in [4.69, 9.17) is 16.3 Å². The Bertz CT molecular complexity index is 341. The zero-order valence-electron chi connectivity index (χ0n) is 10.9. The topological polar surface area (TPSA) is 21.3 Å². The van der Waals surface area contributed by atoms with Crippen molar-refractivity contribution in [2.75, 3.05) is 7.11 Å². The van der Waals surface area contributed by atoms with Gasteiger partial charge in [0.25, 0.3) is 0 Å². The highest BCUT2D eigenvalue weighted by Crippen LogP contribution is 2.26. The first-order valence-electron chi connectivity index (χ1n) is 6.27. The fourth-order valence-corrected chi connectivity index (χ4v) is 2.18. The van der Waals surface area contributed by atoms with Crippen LogP contribution in [0.5, 0.6) is 5.75 Å². The van der Waals surface area contributed by atoms with Crippen LogP contribution in [0.3, 0.4) is 0 Å². The summed E-state index contributed by atoms with van der Waals surface area (Å²) in [5.74, 6) is 0.858. The van der Waals surface area contributed by atoms with Crippen molar-refractivity contribution < 1.29 is 4.74 Å². The van der Waals surface area contributed by atoms with E-state index in [1.54, 1.807) is 7.11 Å². The van der Waals surface area contributed by atoms with Gasteiger partial charge in [0.2, 0.25) is 0 Å². The quantitative estimate of drug-likeness (QED) is 0.795. The van der Waals surface area contributed by atoms with Crippen LogP contribution < -0.4 is 10.1 Å². The summed E-state index contributed by atoms with van der Waals surface area (Å²) in [6.45, 7) is 5.18. The predicted octanol–water partition coefficient (Wildman–Crippen LogP) is 4.02. The zero-order valence-corrected chi connectivity index (χ0v) is 11.7. The van der Waals surface area contributed by atoms with Crippen LogP contribution in [-0.4, -0.2) is 13.2 Å². The van der Waals surface area contributed by atoms with Gasteiger partial charge in [-0.3, -0.25) is 0 Å². The molecule has 2 nitrogen and oxygen atoms in total. The van der Waals surface area contributed by atoms with Gasteiger partial charge in [-0.1, -0.05) is 37.9 Å². The lowest BCUT2D eigenvalue weighted by molar-refractivity contribution is 0.401. The SMILES string of the molecule is CCCC(CC)NCc1c(Cl)cccc1OC. The van der Waals surface area contributed by atoms with Crippen molar-refractivity contribution in [3.05, 3.63) is 28.8 Å². The molecule has 0 bridgehead atoms. The van der Waals surface area contributed by atoms with Crippen molar-refractivity contribution in [1.82, 2.24) is 5.32 Å². The maximum atomic E-state index is 6.19. The zero-order chi connectivity index (χ0) is 12.7. The van der Waals surface area contributed by atoms with E-state index in [-0.39, 0.29) is 0 Å². The summed E-state index contributed by atoms with van der Waals surface area (Å²) >= 11 is 6.19. The molecule has 1 aromatic rings. The normalized spacial score (nSPS) is 12.5. The third kappa shape index (κ3) is 4.21. The smallest absolute Gasteiger partial charge is 0.124 e. The van der Waals surface area contributed by atoms with Crippen molar-refractivity contribution in [1.29, 1.82) is 0 Å². The number of ether oxygens (including phenoxy) is 1. The van der Waals surface area contributed by atoms with Gasteiger partial charge in [-0.15, -0.1) is 0 Å². The average Bonchev–Trinajstić information content (AvgIpc) is 2.35. The van der Waals surface area contributed by atoms with E-state index < -0.39 is 0 Å². The van der Waals surface area contributed by atoms with Gasteiger partial charge in [0.15, 0.2) is 0 Å². The van der Waals surface area contributed by atoms with Crippen LogP contribution >= 0.6 is 11.6 Å². The Labute approximate surface area is 109 Å². The molecule has 96 valence electrons. The van der Waals surface area contributed by atoms with Gasteiger partial charge >= 0.3 is 0 Å². The summed E-state index contributed by atoms with van der Waals surface area (Å²) < 4.78 is 5.33. The molecule has 1 atom stereocenters. The maximum absolute atomic E-state index is 6.19. The molecule has 0 spiro atoms. The lowest BCUT2D eigenvalue weighted by Crippen LogP contribution is -2.27. The molecule has 0 radical (unpaired) electrons. The molecule has 0 aliphatic carbocycles. The number of methoxy groups -OCH3 is 1. The molecule has 0 fully saturated rings. The third-order valence-electron chi connectivity index (χ3n) is 2.99. The number of hydrogen-bond donors (Lipinski definition) is 1. The predicted molar refractivity (Wildman–Crippen MR) is 73.8 cm³/mol. The number of benzene rings is 1. The van der Waals surface area contributed by atoms with Gasteiger partial charge in [-0.2, -0.15) is 0 Å². The van der Waals surface area contributed by atoms with Crippen LogP contribution in [0.4, 0.5) is 0 Å². The molecule has 1 aromatic carbocycles.